The summed E-state index contributed by atoms with van der Waals surface area (Å²) in [5.74, 6) is 0.901. The fourth-order valence-electron chi connectivity index (χ4n) is 4.09. The summed E-state index contributed by atoms with van der Waals surface area (Å²) in [6.07, 6.45) is 2.55. The number of furan rings is 1. The number of benzene rings is 1. The molecule has 29 heavy (non-hydrogen) atoms. The molecule has 1 N–H and O–H groups in total. The van der Waals surface area contributed by atoms with Gasteiger partial charge in [0, 0.05) is 37.9 Å². The Morgan fingerprint density at radius 1 is 1.21 bits per heavy atom. The van der Waals surface area contributed by atoms with Crippen LogP contribution >= 0.6 is 0 Å². The van der Waals surface area contributed by atoms with E-state index < -0.39 is 9.84 Å². The van der Waals surface area contributed by atoms with Gasteiger partial charge in [-0.1, -0.05) is 18.2 Å². The SMILES string of the molecule is CC1Cc2ccccc2N1Cc1occc1C(=O)NCCN1CCS(=O)(=O)CC1. The zero-order valence-corrected chi connectivity index (χ0v) is 17.5. The Morgan fingerprint density at radius 3 is 2.76 bits per heavy atom. The van der Waals surface area contributed by atoms with Crippen LogP contribution in [0.4, 0.5) is 5.69 Å². The van der Waals surface area contributed by atoms with E-state index in [9.17, 15) is 13.2 Å². The van der Waals surface area contributed by atoms with Gasteiger partial charge in [0.25, 0.3) is 5.91 Å². The molecule has 156 valence electrons. The molecular formula is C21H27N3O4S. The van der Waals surface area contributed by atoms with Gasteiger partial charge >= 0.3 is 0 Å². The second-order valence-corrected chi connectivity index (χ2v) is 10.1. The number of nitrogens with one attached hydrogen (secondary N) is 1. The van der Waals surface area contributed by atoms with Gasteiger partial charge in [-0.2, -0.15) is 0 Å². The number of anilines is 1. The van der Waals surface area contributed by atoms with Gasteiger partial charge < -0.3 is 14.6 Å². The van der Waals surface area contributed by atoms with E-state index in [0.717, 1.165) is 6.42 Å². The van der Waals surface area contributed by atoms with E-state index in [4.69, 9.17) is 4.42 Å². The number of carbonyl (C=O) groups is 1. The number of sulfone groups is 1. The highest BCUT2D eigenvalue weighted by Crippen LogP contribution is 2.33. The summed E-state index contributed by atoms with van der Waals surface area (Å²) in [5.41, 5.74) is 3.08. The standard InChI is InChI=1S/C21H27N3O4S/c1-16-14-17-4-2-3-5-19(17)24(16)15-20-18(6-11-28-20)21(25)22-7-8-23-9-12-29(26,27)13-10-23/h2-6,11,16H,7-10,12-15H2,1H3,(H,22,25). The first-order valence-corrected chi connectivity index (χ1v) is 11.9. The number of amides is 1. The number of hydrogen-bond acceptors (Lipinski definition) is 6. The molecule has 0 spiro atoms. The molecule has 0 saturated carbocycles. The Hall–Kier alpha value is -2.32. The molecule has 1 fully saturated rings. The fraction of sp³-hybridized carbons (Fsp3) is 0.476. The molecule has 1 aromatic carbocycles. The summed E-state index contributed by atoms with van der Waals surface area (Å²) in [5, 5.41) is 2.94. The van der Waals surface area contributed by atoms with Crippen molar-refractivity contribution in [3.63, 3.8) is 0 Å². The maximum absolute atomic E-state index is 12.7. The van der Waals surface area contributed by atoms with Gasteiger partial charge in [0.05, 0.1) is 29.9 Å². The van der Waals surface area contributed by atoms with Gasteiger partial charge in [0.1, 0.15) is 5.76 Å². The molecule has 0 radical (unpaired) electrons. The van der Waals surface area contributed by atoms with Crippen molar-refractivity contribution in [2.75, 3.05) is 42.6 Å². The molecule has 1 atom stereocenters. The van der Waals surface area contributed by atoms with Crippen LogP contribution in [0.3, 0.4) is 0 Å². The zero-order valence-electron chi connectivity index (χ0n) is 16.6. The lowest BCUT2D eigenvalue weighted by atomic mass is 10.1. The minimum absolute atomic E-state index is 0.154. The highest BCUT2D eigenvalue weighted by Gasteiger charge is 2.28. The third kappa shape index (κ3) is 4.48. The van der Waals surface area contributed by atoms with Crippen LogP contribution in [0.1, 0.15) is 28.6 Å². The van der Waals surface area contributed by atoms with Crippen LogP contribution in [0.2, 0.25) is 0 Å². The quantitative estimate of drug-likeness (QED) is 0.770. The molecule has 2 aromatic rings. The van der Waals surface area contributed by atoms with Crippen LogP contribution in [-0.2, 0) is 22.8 Å². The average molecular weight is 418 g/mol. The van der Waals surface area contributed by atoms with E-state index in [-0.39, 0.29) is 17.4 Å². The van der Waals surface area contributed by atoms with Crippen molar-refractivity contribution in [1.29, 1.82) is 0 Å². The van der Waals surface area contributed by atoms with Crippen LogP contribution < -0.4 is 10.2 Å². The van der Waals surface area contributed by atoms with Crippen molar-refractivity contribution in [2.24, 2.45) is 0 Å². The van der Waals surface area contributed by atoms with Crippen molar-refractivity contribution in [3.05, 3.63) is 53.5 Å². The Bertz CT molecular complexity index is 971. The third-order valence-electron chi connectivity index (χ3n) is 5.80. The molecule has 1 saturated heterocycles. The number of hydrogen-bond donors (Lipinski definition) is 1. The Kier molecular flexibility index (Phi) is 5.65. The first-order valence-electron chi connectivity index (χ1n) is 10.0. The van der Waals surface area contributed by atoms with Crippen molar-refractivity contribution in [1.82, 2.24) is 10.2 Å². The van der Waals surface area contributed by atoms with Crippen LogP contribution in [0.5, 0.6) is 0 Å². The average Bonchev–Trinajstić information content (AvgIpc) is 3.28. The van der Waals surface area contributed by atoms with E-state index in [0.29, 0.717) is 50.1 Å². The van der Waals surface area contributed by atoms with Crippen LogP contribution in [-0.4, -0.2) is 63.0 Å². The number of nitrogens with zero attached hydrogens (tertiary/aromatic N) is 2. The molecule has 2 aliphatic rings. The molecule has 1 aromatic heterocycles. The highest BCUT2D eigenvalue weighted by atomic mass is 32.2. The van der Waals surface area contributed by atoms with E-state index >= 15 is 0 Å². The zero-order chi connectivity index (χ0) is 20.4. The van der Waals surface area contributed by atoms with E-state index in [1.165, 1.54) is 11.3 Å². The number of para-hydroxylation sites is 1. The minimum Gasteiger partial charge on any atom is -0.467 e. The summed E-state index contributed by atoms with van der Waals surface area (Å²) in [6.45, 7) is 4.92. The lowest BCUT2D eigenvalue weighted by molar-refractivity contribution is 0.0946. The topological polar surface area (TPSA) is 82.9 Å². The molecule has 7 nitrogen and oxygen atoms in total. The van der Waals surface area contributed by atoms with Gasteiger partial charge in [-0.05, 0) is 31.0 Å². The molecule has 4 rings (SSSR count). The predicted octanol–water partition coefficient (Wildman–Crippen LogP) is 1.69. The fourth-order valence-corrected chi connectivity index (χ4v) is 5.36. The lowest BCUT2D eigenvalue weighted by Crippen LogP contribution is -2.43. The molecule has 2 aliphatic heterocycles. The van der Waals surface area contributed by atoms with Gasteiger partial charge in [0.2, 0.25) is 0 Å². The first kappa shape index (κ1) is 20.0. The summed E-state index contributed by atoms with van der Waals surface area (Å²) in [7, 11) is -2.88. The van der Waals surface area contributed by atoms with Crippen molar-refractivity contribution < 1.29 is 17.6 Å². The summed E-state index contributed by atoms with van der Waals surface area (Å²) in [4.78, 5) is 17.0. The maximum atomic E-state index is 12.7. The van der Waals surface area contributed by atoms with Crippen molar-refractivity contribution in [2.45, 2.75) is 25.9 Å². The molecule has 0 bridgehead atoms. The van der Waals surface area contributed by atoms with Crippen LogP contribution in [0.15, 0.2) is 41.0 Å². The number of fused-ring (bicyclic) bond motifs is 1. The van der Waals surface area contributed by atoms with Crippen molar-refractivity contribution in [3.8, 4) is 0 Å². The number of carbonyl (C=O) groups excluding carboxylic acids is 1. The molecule has 3 heterocycles. The Morgan fingerprint density at radius 2 is 1.97 bits per heavy atom. The van der Waals surface area contributed by atoms with E-state index in [2.05, 4.69) is 40.2 Å². The summed E-state index contributed by atoms with van der Waals surface area (Å²) < 4.78 is 28.7. The van der Waals surface area contributed by atoms with Crippen LogP contribution in [0, 0.1) is 0 Å². The second kappa shape index (κ2) is 8.20. The monoisotopic (exact) mass is 417 g/mol. The lowest BCUT2D eigenvalue weighted by Gasteiger charge is -2.26. The first-order chi connectivity index (χ1) is 13.9. The third-order valence-corrected chi connectivity index (χ3v) is 7.41. The van der Waals surface area contributed by atoms with Crippen molar-refractivity contribution >= 4 is 21.4 Å². The highest BCUT2D eigenvalue weighted by molar-refractivity contribution is 7.91. The summed E-state index contributed by atoms with van der Waals surface area (Å²) >= 11 is 0. The van der Waals surface area contributed by atoms with E-state index in [1.807, 2.05) is 6.07 Å². The van der Waals surface area contributed by atoms with Gasteiger partial charge in [0.15, 0.2) is 9.84 Å². The van der Waals surface area contributed by atoms with Gasteiger partial charge in [-0.25, -0.2) is 8.42 Å². The van der Waals surface area contributed by atoms with Crippen LogP contribution in [0.25, 0.3) is 0 Å². The molecule has 1 amide bonds. The minimum atomic E-state index is -2.88. The normalized spacial score (nSPS) is 21.1. The molecule has 1 unspecified atom stereocenters. The Balaban J connectivity index is 1.34. The molecule has 0 aliphatic carbocycles. The molecule has 8 heteroatoms. The predicted molar refractivity (Wildman–Crippen MR) is 112 cm³/mol. The Labute approximate surface area is 171 Å². The van der Waals surface area contributed by atoms with E-state index in [1.54, 1.807) is 12.3 Å². The summed E-state index contributed by atoms with van der Waals surface area (Å²) in [6, 6.07) is 10.4. The molecular weight excluding hydrogens is 390 g/mol. The van der Waals surface area contributed by atoms with Gasteiger partial charge in [-0.3, -0.25) is 9.69 Å². The second-order valence-electron chi connectivity index (χ2n) is 7.82. The number of rotatable bonds is 6. The maximum Gasteiger partial charge on any atom is 0.254 e. The largest absolute Gasteiger partial charge is 0.467 e. The smallest absolute Gasteiger partial charge is 0.254 e. The van der Waals surface area contributed by atoms with Gasteiger partial charge in [-0.15, -0.1) is 0 Å².